The summed E-state index contributed by atoms with van der Waals surface area (Å²) in [5, 5.41) is 12.3. The molecule has 138 valence electrons. The molecule has 0 aliphatic carbocycles. The molecule has 1 unspecified atom stereocenters. The van der Waals surface area contributed by atoms with Crippen molar-refractivity contribution in [2.75, 3.05) is 16.8 Å². The van der Waals surface area contributed by atoms with Crippen LogP contribution >= 0.6 is 27.3 Å². The van der Waals surface area contributed by atoms with Gasteiger partial charge in [-0.15, -0.1) is 10.2 Å². The number of benzene rings is 1. The van der Waals surface area contributed by atoms with Gasteiger partial charge in [0.1, 0.15) is 5.01 Å². The molecule has 0 spiro atoms. The van der Waals surface area contributed by atoms with E-state index in [9.17, 15) is 9.59 Å². The molecule has 26 heavy (non-hydrogen) atoms. The van der Waals surface area contributed by atoms with Crippen molar-refractivity contribution in [3.8, 4) is 0 Å². The molecule has 2 heterocycles. The molecule has 8 heteroatoms. The third-order valence-corrected chi connectivity index (χ3v) is 6.40. The van der Waals surface area contributed by atoms with Gasteiger partial charge < -0.3 is 10.2 Å². The number of hydrogen-bond acceptors (Lipinski definition) is 5. The van der Waals surface area contributed by atoms with E-state index in [-0.39, 0.29) is 23.7 Å². The second-order valence-corrected chi connectivity index (χ2v) is 9.32. The molecule has 1 aliphatic rings. The number of nitrogens with zero attached hydrogens (tertiary/aromatic N) is 3. The lowest BCUT2D eigenvalue weighted by Crippen LogP contribution is -2.28. The molecule has 1 fully saturated rings. The van der Waals surface area contributed by atoms with Crippen LogP contribution in [0.5, 0.6) is 0 Å². The van der Waals surface area contributed by atoms with Crippen LogP contribution in [0, 0.1) is 12.8 Å². The van der Waals surface area contributed by atoms with Crippen molar-refractivity contribution >= 4 is 49.9 Å². The van der Waals surface area contributed by atoms with Crippen molar-refractivity contribution < 1.29 is 9.59 Å². The largest absolute Gasteiger partial charge is 0.312 e. The fourth-order valence-electron chi connectivity index (χ4n) is 2.71. The molecule has 1 aromatic carbocycles. The molecule has 0 radical (unpaired) electrons. The zero-order valence-corrected chi connectivity index (χ0v) is 17.6. The van der Waals surface area contributed by atoms with Gasteiger partial charge in [-0.3, -0.25) is 9.59 Å². The van der Waals surface area contributed by atoms with E-state index >= 15 is 0 Å². The monoisotopic (exact) mass is 436 g/mol. The predicted molar refractivity (Wildman–Crippen MR) is 107 cm³/mol. The van der Waals surface area contributed by atoms with Crippen molar-refractivity contribution in [1.82, 2.24) is 10.2 Å². The minimum Gasteiger partial charge on any atom is -0.312 e. The Hall–Kier alpha value is -1.80. The maximum absolute atomic E-state index is 12.6. The summed E-state index contributed by atoms with van der Waals surface area (Å²) in [4.78, 5) is 26.6. The zero-order chi connectivity index (χ0) is 19.1. The predicted octanol–water partition coefficient (Wildman–Crippen LogP) is 3.90. The topological polar surface area (TPSA) is 75.2 Å². The number of hydrogen-bond donors (Lipinski definition) is 1. The van der Waals surface area contributed by atoms with E-state index in [1.165, 1.54) is 11.3 Å². The fourth-order valence-corrected chi connectivity index (χ4v) is 3.76. The average molecular weight is 437 g/mol. The second-order valence-electron chi connectivity index (χ2n) is 7.49. The Morgan fingerprint density at radius 2 is 2.08 bits per heavy atom. The highest BCUT2D eigenvalue weighted by Crippen LogP contribution is 2.31. The molecular formula is C18H21BrN4O2S. The lowest BCUT2D eigenvalue weighted by molar-refractivity contribution is -0.122. The lowest BCUT2D eigenvalue weighted by Gasteiger charge is -2.17. The zero-order valence-electron chi connectivity index (χ0n) is 15.2. The maximum atomic E-state index is 12.6. The minimum atomic E-state index is -0.395. The van der Waals surface area contributed by atoms with Gasteiger partial charge in [0.25, 0.3) is 0 Å². The number of nitrogens with one attached hydrogen (secondary N) is 1. The first-order valence-corrected chi connectivity index (χ1v) is 9.97. The average Bonchev–Trinajstić information content (AvgIpc) is 3.16. The number of carbonyl (C=O) groups is 2. The first-order chi connectivity index (χ1) is 12.1. The summed E-state index contributed by atoms with van der Waals surface area (Å²) in [6.45, 7) is 8.49. The van der Waals surface area contributed by atoms with Crippen LogP contribution < -0.4 is 10.2 Å². The Labute approximate surface area is 165 Å². The number of anilines is 2. The molecule has 0 saturated carbocycles. The Morgan fingerprint density at radius 3 is 2.69 bits per heavy atom. The number of aromatic nitrogens is 2. The highest BCUT2D eigenvalue weighted by atomic mass is 79.9. The van der Waals surface area contributed by atoms with Crippen LogP contribution in [-0.2, 0) is 15.0 Å². The Bertz CT molecular complexity index is 859. The lowest BCUT2D eigenvalue weighted by atomic mass is 9.98. The van der Waals surface area contributed by atoms with Gasteiger partial charge in [-0.2, -0.15) is 0 Å². The Kier molecular flexibility index (Phi) is 5.16. The molecule has 2 aromatic rings. The highest BCUT2D eigenvalue weighted by Gasteiger charge is 2.35. The van der Waals surface area contributed by atoms with Crippen molar-refractivity contribution in [2.45, 2.75) is 39.5 Å². The SMILES string of the molecule is Cc1cc(N2CC(C(=O)Nc3nnc(C(C)(C)C)s3)CC2=O)ccc1Br. The fraction of sp³-hybridized carbons (Fsp3) is 0.444. The van der Waals surface area contributed by atoms with Gasteiger partial charge in [0.05, 0.1) is 5.92 Å². The van der Waals surface area contributed by atoms with Gasteiger partial charge in [0, 0.05) is 28.5 Å². The van der Waals surface area contributed by atoms with E-state index in [2.05, 4.69) is 31.4 Å². The van der Waals surface area contributed by atoms with Gasteiger partial charge in [-0.1, -0.05) is 48.0 Å². The summed E-state index contributed by atoms with van der Waals surface area (Å²) in [5.74, 6) is -0.626. The molecule has 1 atom stereocenters. The van der Waals surface area contributed by atoms with Gasteiger partial charge in [0.2, 0.25) is 16.9 Å². The summed E-state index contributed by atoms with van der Waals surface area (Å²) < 4.78 is 0.994. The van der Waals surface area contributed by atoms with Crippen LogP contribution in [0.15, 0.2) is 22.7 Å². The molecule has 1 saturated heterocycles. The third-order valence-electron chi connectivity index (χ3n) is 4.25. The molecule has 1 aromatic heterocycles. The van der Waals surface area contributed by atoms with Crippen LogP contribution in [-0.4, -0.2) is 28.6 Å². The smallest absolute Gasteiger partial charge is 0.231 e. The van der Waals surface area contributed by atoms with E-state index in [4.69, 9.17) is 0 Å². The number of aryl methyl sites for hydroxylation is 1. The summed E-state index contributed by atoms with van der Waals surface area (Å²) >= 11 is 4.83. The van der Waals surface area contributed by atoms with Crippen LogP contribution in [0.4, 0.5) is 10.8 Å². The van der Waals surface area contributed by atoms with Gasteiger partial charge in [-0.05, 0) is 30.7 Å². The molecule has 0 bridgehead atoms. The van der Waals surface area contributed by atoms with Crippen LogP contribution in [0.25, 0.3) is 0 Å². The van der Waals surface area contributed by atoms with E-state index in [0.29, 0.717) is 11.7 Å². The van der Waals surface area contributed by atoms with E-state index in [1.54, 1.807) is 4.90 Å². The Morgan fingerprint density at radius 1 is 1.35 bits per heavy atom. The normalized spacial score (nSPS) is 17.7. The number of amides is 2. The molecule has 3 rings (SSSR count). The molecular weight excluding hydrogens is 416 g/mol. The summed E-state index contributed by atoms with van der Waals surface area (Å²) in [6, 6.07) is 5.75. The van der Waals surface area contributed by atoms with Crippen LogP contribution in [0.2, 0.25) is 0 Å². The van der Waals surface area contributed by atoms with Crippen molar-refractivity contribution in [3.63, 3.8) is 0 Å². The molecule has 1 N–H and O–H groups in total. The standard InChI is InChI=1S/C18H21BrN4O2S/c1-10-7-12(5-6-13(10)19)23-9-11(8-14(23)24)15(25)20-17-22-21-16(26-17)18(2,3)4/h5-7,11H,8-9H2,1-4H3,(H,20,22,25). The van der Waals surface area contributed by atoms with Gasteiger partial charge in [0.15, 0.2) is 0 Å². The maximum Gasteiger partial charge on any atom is 0.231 e. The van der Waals surface area contributed by atoms with E-state index in [1.807, 2.05) is 45.9 Å². The van der Waals surface area contributed by atoms with Gasteiger partial charge >= 0.3 is 0 Å². The first-order valence-electron chi connectivity index (χ1n) is 8.36. The summed E-state index contributed by atoms with van der Waals surface area (Å²) in [6.07, 6.45) is 0.200. The van der Waals surface area contributed by atoms with Crippen molar-refractivity contribution in [1.29, 1.82) is 0 Å². The summed E-state index contributed by atoms with van der Waals surface area (Å²) in [5.41, 5.74) is 1.75. The van der Waals surface area contributed by atoms with Crippen LogP contribution in [0.1, 0.15) is 37.8 Å². The quantitative estimate of drug-likeness (QED) is 0.791. The van der Waals surface area contributed by atoms with E-state index in [0.717, 1.165) is 20.7 Å². The molecule has 2 amide bonds. The van der Waals surface area contributed by atoms with Crippen molar-refractivity contribution in [2.24, 2.45) is 5.92 Å². The van der Waals surface area contributed by atoms with Crippen molar-refractivity contribution in [3.05, 3.63) is 33.2 Å². The highest BCUT2D eigenvalue weighted by molar-refractivity contribution is 9.10. The van der Waals surface area contributed by atoms with E-state index < -0.39 is 5.92 Å². The molecule has 6 nitrogen and oxygen atoms in total. The summed E-state index contributed by atoms with van der Waals surface area (Å²) in [7, 11) is 0. The minimum absolute atomic E-state index is 0.0421. The number of rotatable bonds is 3. The first kappa shape index (κ1) is 19.0. The number of carbonyl (C=O) groups excluding carboxylic acids is 2. The second kappa shape index (κ2) is 7.08. The Balaban J connectivity index is 1.69. The number of halogens is 1. The third kappa shape index (κ3) is 3.96. The van der Waals surface area contributed by atoms with Gasteiger partial charge in [-0.25, -0.2) is 0 Å². The van der Waals surface area contributed by atoms with Crippen LogP contribution in [0.3, 0.4) is 0 Å². The molecule has 1 aliphatic heterocycles.